The molecule has 0 fully saturated rings. The average Bonchev–Trinajstić information content (AvgIpc) is 2.61. The Morgan fingerprint density at radius 1 is 1.04 bits per heavy atom. The number of nitrogens with one attached hydrogen (secondary N) is 2. The first kappa shape index (κ1) is 17.4. The van der Waals surface area contributed by atoms with E-state index in [0.29, 0.717) is 21.4 Å². The van der Waals surface area contributed by atoms with Crippen molar-refractivity contribution in [3.05, 3.63) is 75.0 Å². The standard InChI is InChI=1S/C19H10ClF3N2O2/c20-11-4-5-15-12(7-11)13-8-14(25-18(26)16(13)17(24)27-15)9-2-1-3-10(6-9)19(21,22)23/h1-8,24H,(H,25,26). The number of alkyl halides is 3. The second kappa shape index (κ2) is 5.99. The van der Waals surface area contributed by atoms with Gasteiger partial charge in [0.05, 0.1) is 5.56 Å². The molecule has 2 N–H and O–H groups in total. The second-order valence-electron chi connectivity index (χ2n) is 5.95. The zero-order chi connectivity index (χ0) is 19.3. The maximum Gasteiger partial charge on any atom is 0.416 e. The molecular formula is C19H10ClF3N2O2. The summed E-state index contributed by atoms with van der Waals surface area (Å²) in [6.45, 7) is 0. The molecule has 0 aliphatic carbocycles. The number of fused-ring (bicyclic) bond motifs is 3. The van der Waals surface area contributed by atoms with Gasteiger partial charge in [-0.3, -0.25) is 10.2 Å². The molecule has 0 saturated carbocycles. The predicted molar refractivity (Wildman–Crippen MR) is 95.6 cm³/mol. The fraction of sp³-hybridized carbons (Fsp3) is 0.0526. The number of benzene rings is 2. The van der Waals surface area contributed by atoms with Crippen LogP contribution in [0.1, 0.15) is 5.56 Å². The zero-order valence-electron chi connectivity index (χ0n) is 13.4. The Morgan fingerprint density at radius 2 is 1.81 bits per heavy atom. The third-order valence-electron chi connectivity index (χ3n) is 4.21. The first-order valence-corrected chi connectivity index (χ1v) is 8.13. The molecule has 27 heavy (non-hydrogen) atoms. The number of halogens is 4. The summed E-state index contributed by atoms with van der Waals surface area (Å²) >= 11 is 6.03. The van der Waals surface area contributed by atoms with Gasteiger partial charge in [0.15, 0.2) is 0 Å². The summed E-state index contributed by atoms with van der Waals surface area (Å²) in [5, 5.41) is 9.23. The van der Waals surface area contributed by atoms with Gasteiger partial charge in [0.25, 0.3) is 5.56 Å². The lowest BCUT2D eigenvalue weighted by Gasteiger charge is -2.10. The maximum absolute atomic E-state index is 13.0. The fourth-order valence-electron chi connectivity index (χ4n) is 2.98. The number of H-pyrrole nitrogens is 1. The van der Waals surface area contributed by atoms with Crippen LogP contribution >= 0.6 is 11.6 Å². The van der Waals surface area contributed by atoms with Gasteiger partial charge in [-0.15, -0.1) is 0 Å². The topological polar surface area (TPSA) is 69.8 Å². The van der Waals surface area contributed by atoms with E-state index in [2.05, 4.69) is 4.98 Å². The largest absolute Gasteiger partial charge is 0.438 e. The molecule has 0 radical (unpaired) electrons. The fourth-order valence-corrected chi connectivity index (χ4v) is 3.15. The van der Waals surface area contributed by atoms with Gasteiger partial charge in [0.2, 0.25) is 5.55 Å². The highest BCUT2D eigenvalue weighted by Crippen LogP contribution is 2.32. The predicted octanol–water partition coefficient (Wildman–Crippen LogP) is 5.09. The molecule has 2 aromatic carbocycles. The molecule has 4 nitrogen and oxygen atoms in total. The quantitative estimate of drug-likeness (QED) is 0.444. The molecule has 8 heteroatoms. The summed E-state index contributed by atoms with van der Waals surface area (Å²) in [5.41, 5.74) is -1.04. The Kier molecular flexibility index (Phi) is 3.85. The van der Waals surface area contributed by atoms with E-state index in [4.69, 9.17) is 21.4 Å². The molecule has 2 heterocycles. The van der Waals surface area contributed by atoms with Crippen molar-refractivity contribution in [1.29, 1.82) is 5.41 Å². The van der Waals surface area contributed by atoms with Crippen LogP contribution in [0, 0.1) is 5.41 Å². The van der Waals surface area contributed by atoms with Crippen molar-refractivity contribution in [2.24, 2.45) is 0 Å². The summed E-state index contributed by atoms with van der Waals surface area (Å²) in [6, 6.07) is 10.9. The van der Waals surface area contributed by atoms with Gasteiger partial charge in [-0.2, -0.15) is 13.2 Å². The first-order chi connectivity index (χ1) is 12.7. The Hall–Kier alpha value is -3.06. The first-order valence-electron chi connectivity index (χ1n) is 7.76. The normalized spacial score (nSPS) is 12.0. The SMILES string of the molecule is N=c1oc2ccc(Cl)cc2c2cc(-c3cccc(C(F)(F)F)c3)[nH]c(=O)c12. The number of hydrogen-bond acceptors (Lipinski definition) is 3. The Bertz CT molecular complexity index is 1320. The van der Waals surface area contributed by atoms with E-state index in [-0.39, 0.29) is 22.2 Å². The van der Waals surface area contributed by atoms with Crippen LogP contribution in [0.3, 0.4) is 0 Å². The lowest BCUT2D eigenvalue weighted by atomic mass is 10.0. The van der Waals surface area contributed by atoms with Crippen molar-refractivity contribution < 1.29 is 17.6 Å². The van der Waals surface area contributed by atoms with Crippen LogP contribution in [-0.2, 0) is 6.18 Å². The van der Waals surface area contributed by atoms with Crippen molar-refractivity contribution in [2.75, 3.05) is 0 Å². The highest BCUT2D eigenvalue weighted by Gasteiger charge is 2.30. The third-order valence-corrected chi connectivity index (χ3v) is 4.44. The molecule has 0 aliphatic rings. The molecule has 0 bridgehead atoms. The van der Waals surface area contributed by atoms with Gasteiger partial charge in [0.1, 0.15) is 11.0 Å². The van der Waals surface area contributed by atoms with Crippen LogP contribution in [0.5, 0.6) is 0 Å². The summed E-state index contributed by atoms with van der Waals surface area (Å²) < 4.78 is 44.4. The van der Waals surface area contributed by atoms with Gasteiger partial charge < -0.3 is 9.40 Å². The number of hydrogen-bond donors (Lipinski definition) is 2. The van der Waals surface area contributed by atoms with E-state index in [1.54, 1.807) is 18.2 Å². The highest BCUT2D eigenvalue weighted by atomic mass is 35.5. The molecule has 2 aromatic heterocycles. The van der Waals surface area contributed by atoms with Crippen molar-refractivity contribution in [1.82, 2.24) is 4.98 Å². The van der Waals surface area contributed by atoms with E-state index in [1.807, 2.05) is 0 Å². The lowest BCUT2D eigenvalue weighted by molar-refractivity contribution is -0.137. The molecule has 136 valence electrons. The minimum atomic E-state index is -4.50. The smallest absolute Gasteiger partial charge is 0.416 e. The van der Waals surface area contributed by atoms with Gasteiger partial charge >= 0.3 is 6.18 Å². The minimum Gasteiger partial charge on any atom is -0.438 e. The molecule has 0 spiro atoms. The van der Waals surface area contributed by atoms with Gasteiger partial charge in [0, 0.05) is 21.5 Å². The van der Waals surface area contributed by atoms with Crippen LogP contribution in [0.4, 0.5) is 13.2 Å². The van der Waals surface area contributed by atoms with Crippen LogP contribution < -0.4 is 11.1 Å². The number of aromatic amines is 1. The van der Waals surface area contributed by atoms with E-state index in [9.17, 15) is 18.0 Å². The number of rotatable bonds is 1. The van der Waals surface area contributed by atoms with Gasteiger partial charge in [-0.05, 0) is 42.0 Å². The maximum atomic E-state index is 13.0. The Labute approximate surface area is 154 Å². The second-order valence-corrected chi connectivity index (χ2v) is 6.39. The summed E-state index contributed by atoms with van der Waals surface area (Å²) in [5.74, 6) is 0. The molecule has 4 aromatic rings. The zero-order valence-corrected chi connectivity index (χ0v) is 14.2. The molecule has 0 amide bonds. The summed E-state index contributed by atoms with van der Waals surface area (Å²) in [4.78, 5) is 15.0. The van der Waals surface area contributed by atoms with E-state index >= 15 is 0 Å². The van der Waals surface area contributed by atoms with Gasteiger partial charge in [-0.25, -0.2) is 0 Å². The molecule has 0 aliphatic heterocycles. The molecule has 0 unspecified atom stereocenters. The molecule has 4 rings (SSSR count). The van der Waals surface area contributed by atoms with Crippen molar-refractivity contribution in [2.45, 2.75) is 6.18 Å². The van der Waals surface area contributed by atoms with Crippen LogP contribution in [0.2, 0.25) is 5.02 Å². The summed E-state index contributed by atoms with van der Waals surface area (Å²) in [7, 11) is 0. The van der Waals surface area contributed by atoms with Crippen molar-refractivity contribution >= 4 is 33.3 Å². The molecule has 0 saturated heterocycles. The lowest BCUT2D eigenvalue weighted by Crippen LogP contribution is -2.16. The number of pyridine rings is 1. The van der Waals surface area contributed by atoms with E-state index in [0.717, 1.165) is 12.1 Å². The van der Waals surface area contributed by atoms with E-state index in [1.165, 1.54) is 18.2 Å². The van der Waals surface area contributed by atoms with Crippen molar-refractivity contribution in [3.63, 3.8) is 0 Å². The van der Waals surface area contributed by atoms with E-state index < -0.39 is 17.3 Å². The monoisotopic (exact) mass is 390 g/mol. The molecular weight excluding hydrogens is 381 g/mol. The van der Waals surface area contributed by atoms with Crippen LogP contribution in [0.25, 0.3) is 33.0 Å². The van der Waals surface area contributed by atoms with Crippen LogP contribution in [0.15, 0.2) is 57.7 Å². The van der Waals surface area contributed by atoms with Gasteiger partial charge in [-0.1, -0.05) is 23.7 Å². The minimum absolute atomic E-state index is 0.000456. The number of aromatic nitrogens is 1. The Balaban J connectivity index is 2.07. The van der Waals surface area contributed by atoms with Crippen LogP contribution in [-0.4, -0.2) is 4.98 Å². The third kappa shape index (κ3) is 3.00. The Morgan fingerprint density at radius 3 is 2.56 bits per heavy atom. The molecule has 0 atom stereocenters. The van der Waals surface area contributed by atoms with Crippen molar-refractivity contribution in [3.8, 4) is 11.3 Å². The summed E-state index contributed by atoms with van der Waals surface area (Å²) in [6.07, 6.45) is -4.50. The highest BCUT2D eigenvalue weighted by molar-refractivity contribution is 6.31. The average molecular weight is 391 g/mol.